The number of alkyl halides is 2. The molecule has 4 N–H and O–H groups in total. The molecule has 2 amide bonds. The van der Waals surface area contributed by atoms with Gasteiger partial charge in [-0.3, -0.25) is 9.59 Å². The van der Waals surface area contributed by atoms with Crippen molar-refractivity contribution in [3.8, 4) is 0 Å². The molecular formula is C22H26Br2N4O2S2. The number of benzene rings is 2. The van der Waals surface area contributed by atoms with Crippen LogP contribution in [0.2, 0.25) is 0 Å². The molecule has 0 bridgehead atoms. The minimum atomic E-state index is -0.0621. The smallest absolute Gasteiger partial charge is 0.226 e. The van der Waals surface area contributed by atoms with Crippen LogP contribution in [0, 0.1) is 0 Å². The third-order valence-corrected chi connectivity index (χ3v) is 5.17. The number of thiocarbonyl (C=S) groups is 2. The number of halogens is 2. The average Bonchev–Trinajstić information content (AvgIpc) is 2.78. The summed E-state index contributed by atoms with van der Waals surface area (Å²) in [6, 6.07) is 19.0. The van der Waals surface area contributed by atoms with E-state index in [2.05, 4.69) is 53.1 Å². The minimum absolute atomic E-state index is 0.0621. The molecule has 0 radical (unpaired) electrons. The highest BCUT2D eigenvalue weighted by Gasteiger charge is 2.04. The molecule has 0 aromatic heterocycles. The fourth-order valence-corrected chi connectivity index (χ4v) is 3.22. The van der Waals surface area contributed by atoms with E-state index in [9.17, 15) is 9.59 Å². The zero-order chi connectivity index (χ0) is 23.6. The molecule has 32 heavy (non-hydrogen) atoms. The van der Waals surface area contributed by atoms with E-state index in [4.69, 9.17) is 24.4 Å². The van der Waals surface area contributed by atoms with Crippen molar-refractivity contribution in [3.63, 3.8) is 0 Å². The van der Waals surface area contributed by atoms with Gasteiger partial charge in [-0.1, -0.05) is 68.3 Å². The van der Waals surface area contributed by atoms with E-state index in [1.165, 1.54) is 0 Å². The predicted molar refractivity (Wildman–Crippen MR) is 148 cm³/mol. The molecule has 2 rings (SSSR count). The molecule has 10 heteroatoms. The van der Waals surface area contributed by atoms with Crippen LogP contribution in [-0.2, 0) is 9.59 Å². The Kier molecular flexibility index (Phi) is 15.5. The third-order valence-electron chi connectivity index (χ3n) is 3.64. The quantitative estimate of drug-likeness (QED) is 0.241. The second-order valence-corrected chi connectivity index (χ2v) is 8.72. The Bertz CT molecular complexity index is 784. The van der Waals surface area contributed by atoms with Gasteiger partial charge in [0.1, 0.15) is 0 Å². The van der Waals surface area contributed by atoms with Gasteiger partial charge < -0.3 is 21.3 Å². The Hall–Kier alpha value is -1.88. The van der Waals surface area contributed by atoms with Gasteiger partial charge in [-0.05, 0) is 61.5 Å². The van der Waals surface area contributed by atoms with Crippen molar-refractivity contribution < 1.29 is 9.59 Å². The van der Waals surface area contributed by atoms with Crippen LogP contribution < -0.4 is 21.3 Å². The van der Waals surface area contributed by atoms with Crippen molar-refractivity contribution in [1.82, 2.24) is 10.6 Å². The van der Waals surface area contributed by atoms with Crippen molar-refractivity contribution in [2.45, 2.75) is 25.7 Å². The summed E-state index contributed by atoms with van der Waals surface area (Å²) in [6.07, 6.45) is 2.56. The summed E-state index contributed by atoms with van der Waals surface area (Å²) >= 11 is 16.6. The highest BCUT2D eigenvalue weighted by atomic mass is 79.9. The van der Waals surface area contributed by atoms with Gasteiger partial charge in [0, 0.05) is 34.9 Å². The Morgan fingerprint density at radius 3 is 1.31 bits per heavy atom. The molecule has 6 nitrogen and oxygen atoms in total. The molecule has 0 heterocycles. The molecule has 0 aliphatic rings. The first-order valence-corrected chi connectivity index (χ1v) is 12.9. The standard InChI is InChI=1S/2C11H13BrN2OS/c2*12-8-4-7-10(15)14-11(16)13-9-5-2-1-3-6-9/h2*1-3,5-6H,4,7-8H2,(H2,13,14,15,16). The van der Waals surface area contributed by atoms with Crippen molar-refractivity contribution in [2.75, 3.05) is 21.3 Å². The van der Waals surface area contributed by atoms with Crippen LogP contribution in [0.5, 0.6) is 0 Å². The number of nitrogens with one attached hydrogen (secondary N) is 4. The lowest BCUT2D eigenvalue weighted by Crippen LogP contribution is -2.33. The summed E-state index contributed by atoms with van der Waals surface area (Å²) in [7, 11) is 0. The monoisotopic (exact) mass is 600 g/mol. The molecule has 172 valence electrons. The minimum Gasteiger partial charge on any atom is -0.332 e. The highest BCUT2D eigenvalue weighted by molar-refractivity contribution is 9.09. The molecule has 0 saturated heterocycles. The maximum absolute atomic E-state index is 11.3. The van der Waals surface area contributed by atoms with Gasteiger partial charge in [0.05, 0.1) is 0 Å². The second-order valence-electron chi connectivity index (χ2n) is 6.32. The largest absolute Gasteiger partial charge is 0.332 e. The van der Waals surface area contributed by atoms with Crippen LogP contribution >= 0.6 is 56.3 Å². The van der Waals surface area contributed by atoms with Crippen LogP contribution in [0.25, 0.3) is 0 Å². The van der Waals surface area contributed by atoms with Crippen LogP contribution in [-0.4, -0.2) is 32.7 Å². The van der Waals surface area contributed by atoms with E-state index in [0.717, 1.165) is 34.9 Å². The van der Waals surface area contributed by atoms with Gasteiger partial charge in [0.25, 0.3) is 0 Å². The first kappa shape index (κ1) is 28.2. The summed E-state index contributed by atoms with van der Waals surface area (Å²) in [5, 5.41) is 13.4. The first-order chi connectivity index (χ1) is 15.4. The second kappa shape index (κ2) is 17.6. The molecule has 0 atom stereocenters. The Balaban J connectivity index is 0.000000320. The van der Waals surface area contributed by atoms with E-state index in [1.807, 2.05) is 60.7 Å². The van der Waals surface area contributed by atoms with Gasteiger partial charge in [-0.2, -0.15) is 0 Å². The van der Waals surface area contributed by atoms with Gasteiger partial charge >= 0.3 is 0 Å². The number of amides is 2. The summed E-state index contributed by atoms with van der Waals surface area (Å²) in [5.41, 5.74) is 1.74. The van der Waals surface area contributed by atoms with Crippen LogP contribution in [0.3, 0.4) is 0 Å². The number of carbonyl (C=O) groups excluding carboxylic acids is 2. The first-order valence-electron chi connectivity index (χ1n) is 9.88. The molecule has 2 aromatic rings. The summed E-state index contributed by atoms with van der Waals surface area (Å²) in [5.74, 6) is -0.124. The van der Waals surface area contributed by atoms with E-state index in [1.54, 1.807) is 0 Å². The normalized spacial score (nSPS) is 9.56. The van der Waals surface area contributed by atoms with Gasteiger partial charge in [0.2, 0.25) is 11.8 Å². The summed E-state index contributed by atoms with van der Waals surface area (Å²) in [4.78, 5) is 22.7. The van der Waals surface area contributed by atoms with Gasteiger partial charge in [0.15, 0.2) is 10.2 Å². The molecule has 2 aromatic carbocycles. The van der Waals surface area contributed by atoms with Crippen molar-refractivity contribution in [3.05, 3.63) is 60.7 Å². The van der Waals surface area contributed by atoms with E-state index < -0.39 is 0 Å². The molecule has 0 aliphatic heterocycles. The van der Waals surface area contributed by atoms with Gasteiger partial charge in [-0.15, -0.1) is 0 Å². The topological polar surface area (TPSA) is 82.3 Å². The number of carbonyl (C=O) groups is 2. The lowest BCUT2D eigenvalue weighted by Gasteiger charge is -2.08. The van der Waals surface area contributed by atoms with Crippen molar-refractivity contribution in [2.24, 2.45) is 0 Å². The number of para-hydroxylation sites is 2. The molecule has 0 aliphatic carbocycles. The van der Waals surface area contributed by atoms with E-state index in [-0.39, 0.29) is 11.8 Å². The van der Waals surface area contributed by atoms with Crippen LogP contribution in [0.15, 0.2) is 60.7 Å². The lowest BCUT2D eigenvalue weighted by atomic mass is 10.3. The SMILES string of the molecule is O=C(CCCBr)NC(=S)Nc1ccccc1.O=C(CCCBr)NC(=S)Nc1ccccc1. The average molecular weight is 602 g/mol. The zero-order valence-electron chi connectivity index (χ0n) is 17.4. The predicted octanol–water partition coefficient (Wildman–Crippen LogP) is 5.35. The maximum atomic E-state index is 11.3. The molecule has 0 fully saturated rings. The maximum Gasteiger partial charge on any atom is 0.226 e. The summed E-state index contributed by atoms with van der Waals surface area (Å²) in [6.45, 7) is 0. The third kappa shape index (κ3) is 14.2. The molecule has 0 unspecified atom stereocenters. The zero-order valence-corrected chi connectivity index (χ0v) is 22.2. The number of anilines is 2. The number of rotatable bonds is 8. The van der Waals surface area contributed by atoms with Crippen LogP contribution in [0.1, 0.15) is 25.7 Å². The fraction of sp³-hybridized carbons (Fsp3) is 0.273. The van der Waals surface area contributed by atoms with Crippen molar-refractivity contribution in [1.29, 1.82) is 0 Å². The molecule has 0 spiro atoms. The number of hydrogen-bond acceptors (Lipinski definition) is 4. The molecule has 0 saturated carbocycles. The molecular weight excluding hydrogens is 576 g/mol. The van der Waals surface area contributed by atoms with Gasteiger partial charge in [-0.25, -0.2) is 0 Å². The fourth-order valence-electron chi connectivity index (χ4n) is 2.20. The highest BCUT2D eigenvalue weighted by Crippen LogP contribution is 2.05. The van der Waals surface area contributed by atoms with Crippen molar-refractivity contribution >= 4 is 89.7 Å². The van der Waals surface area contributed by atoms with E-state index in [0.29, 0.717) is 23.1 Å². The Labute approximate surface area is 216 Å². The summed E-state index contributed by atoms with van der Waals surface area (Å²) < 4.78 is 0. The lowest BCUT2D eigenvalue weighted by molar-refractivity contribution is -0.120. The Morgan fingerprint density at radius 2 is 1.00 bits per heavy atom. The van der Waals surface area contributed by atoms with E-state index >= 15 is 0 Å². The van der Waals surface area contributed by atoms with Crippen LogP contribution in [0.4, 0.5) is 11.4 Å². The Morgan fingerprint density at radius 1 is 0.656 bits per heavy atom. The number of hydrogen-bond donors (Lipinski definition) is 4.